The number of alkyl halides is 3. The molecule has 0 bridgehead atoms. The summed E-state index contributed by atoms with van der Waals surface area (Å²) in [6.45, 7) is 9.68. The minimum Gasteiger partial charge on any atom is -0.358 e. The molecule has 1 aromatic heterocycles. The molecule has 1 aliphatic heterocycles. The van der Waals surface area contributed by atoms with Crippen LogP contribution in [-0.2, 0) is 44.6 Å². The molecule has 2 heterocycles. The Kier molecular flexibility index (Phi) is 13.3. The number of para-hydroxylation sites is 1. The minimum atomic E-state index is -4.63. The van der Waals surface area contributed by atoms with Gasteiger partial charge in [-0.3, -0.25) is 19.2 Å². The second-order valence-electron chi connectivity index (χ2n) is 15.6. The van der Waals surface area contributed by atoms with Crippen molar-refractivity contribution in [3.63, 3.8) is 0 Å². The Bertz CT molecular complexity index is 1860. The lowest BCUT2D eigenvalue weighted by Crippen LogP contribution is -2.67. The molecular weight excluding hydrogens is 716 g/mol. The Morgan fingerprint density at radius 1 is 0.927 bits per heavy atom. The highest BCUT2D eigenvalue weighted by molar-refractivity contribution is 5.99. The molecule has 5 rings (SSSR count). The van der Waals surface area contributed by atoms with Crippen LogP contribution in [0.3, 0.4) is 0 Å². The molecule has 5 atom stereocenters. The fraction of sp³-hybridized carbons (Fsp3) is 0.561. The van der Waals surface area contributed by atoms with E-state index in [0.717, 1.165) is 32.0 Å². The highest BCUT2D eigenvalue weighted by Crippen LogP contribution is 2.40. The predicted octanol–water partition coefficient (Wildman–Crippen LogP) is 5.43. The van der Waals surface area contributed by atoms with E-state index in [4.69, 9.17) is 0 Å². The number of aromatic nitrogens is 1. The molecule has 3 aromatic rings. The molecule has 14 heteroatoms. The highest BCUT2D eigenvalue weighted by atomic mass is 19.4. The van der Waals surface area contributed by atoms with Gasteiger partial charge in [-0.1, -0.05) is 70.9 Å². The third kappa shape index (κ3) is 9.68. The number of benzene rings is 2. The van der Waals surface area contributed by atoms with Crippen LogP contribution in [-0.4, -0.2) is 77.8 Å². The molecule has 55 heavy (non-hydrogen) atoms. The van der Waals surface area contributed by atoms with Crippen LogP contribution in [0.1, 0.15) is 82.2 Å². The minimum absolute atomic E-state index is 0.00653. The van der Waals surface area contributed by atoms with Gasteiger partial charge in [0.2, 0.25) is 23.6 Å². The van der Waals surface area contributed by atoms with Gasteiger partial charge < -0.3 is 31.2 Å². The summed E-state index contributed by atoms with van der Waals surface area (Å²) in [6, 6.07) is 7.62. The number of amides is 4. The van der Waals surface area contributed by atoms with Gasteiger partial charge in [0.25, 0.3) is 0 Å². The number of hydrogen-bond acceptors (Lipinski definition) is 5. The van der Waals surface area contributed by atoms with E-state index in [2.05, 4.69) is 38.2 Å². The number of halogens is 4. The van der Waals surface area contributed by atoms with Crippen molar-refractivity contribution in [1.82, 2.24) is 31.2 Å². The van der Waals surface area contributed by atoms with E-state index >= 15 is 0 Å². The molecular formula is C41H54F4N6O4. The first-order chi connectivity index (χ1) is 26.1. The van der Waals surface area contributed by atoms with Crippen LogP contribution in [0.5, 0.6) is 0 Å². The standard InChI is InChI=1S/C41H54F4N6O4/c1-6-24(3)34(37(53)46-23-26-16-19-51(5)20-17-26)49-39(55)40(18-15-32-29(22-40)28-12-10-13-30(36(28)47-32)41(43,44)45)50-38(54)35(25(4)7-2)48-33(52)21-27-11-8-9-14-31(27)42/h8-14,24-26,34-35,47H,6-7,15-23H2,1-5H3,(H,46,53)(H,48,52)(H,49,55)(H,50,54)/t24?,25?,34-,35-,40+/m0/s1. The number of carbonyl (C=O) groups is 4. The summed E-state index contributed by atoms with van der Waals surface area (Å²) >= 11 is 0. The Morgan fingerprint density at radius 2 is 1.58 bits per heavy atom. The first kappa shape index (κ1) is 41.7. The highest BCUT2D eigenvalue weighted by Gasteiger charge is 2.47. The maximum absolute atomic E-state index is 14.8. The molecule has 1 fully saturated rings. The van der Waals surface area contributed by atoms with Gasteiger partial charge in [0, 0.05) is 24.0 Å². The second kappa shape index (κ2) is 17.6. The van der Waals surface area contributed by atoms with Crippen LogP contribution in [0.25, 0.3) is 10.9 Å². The van der Waals surface area contributed by atoms with E-state index in [1.54, 1.807) is 19.1 Å². The molecule has 1 aliphatic carbocycles. The van der Waals surface area contributed by atoms with Crippen LogP contribution in [0, 0.1) is 23.6 Å². The molecule has 300 valence electrons. The number of likely N-dealkylation sites (tertiary alicyclic amines) is 1. The fourth-order valence-corrected chi connectivity index (χ4v) is 7.72. The average Bonchev–Trinajstić information content (AvgIpc) is 3.53. The van der Waals surface area contributed by atoms with Crippen molar-refractivity contribution >= 4 is 34.5 Å². The smallest absolute Gasteiger partial charge is 0.358 e. The van der Waals surface area contributed by atoms with E-state index in [9.17, 15) is 36.7 Å². The summed E-state index contributed by atoms with van der Waals surface area (Å²) in [5, 5.41) is 12.0. The zero-order valence-electron chi connectivity index (χ0n) is 32.3. The largest absolute Gasteiger partial charge is 0.418 e. The Labute approximate surface area is 319 Å². The van der Waals surface area contributed by atoms with Gasteiger partial charge >= 0.3 is 6.18 Å². The third-order valence-electron chi connectivity index (χ3n) is 11.7. The number of rotatable bonds is 14. The van der Waals surface area contributed by atoms with E-state index in [0.29, 0.717) is 36.6 Å². The van der Waals surface area contributed by atoms with Gasteiger partial charge in [-0.25, -0.2) is 4.39 Å². The molecule has 2 aliphatic rings. The third-order valence-corrected chi connectivity index (χ3v) is 11.7. The monoisotopic (exact) mass is 770 g/mol. The molecule has 10 nitrogen and oxygen atoms in total. The molecule has 0 radical (unpaired) electrons. The number of nitrogens with zero attached hydrogens (tertiary/aromatic N) is 1. The zero-order chi connectivity index (χ0) is 40.1. The number of aryl methyl sites for hydroxylation is 1. The Balaban J connectivity index is 1.47. The van der Waals surface area contributed by atoms with Crippen molar-refractivity contribution in [3.05, 3.63) is 70.7 Å². The van der Waals surface area contributed by atoms with Crippen LogP contribution in [0.2, 0.25) is 0 Å². The van der Waals surface area contributed by atoms with E-state index in [1.165, 1.54) is 24.3 Å². The molecule has 0 saturated carbocycles. The lowest BCUT2D eigenvalue weighted by molar-refractivity contribution is -0.139. The maximum atomic E-state index is 14.8. The average molecular weight is 771 g/mol. The molecule has 4 amide bonds. The van der Waals surface area contributed by atoms with Crippen molar-refractivity contribution in [2.75, 3.05) is 26.7 Å². The van der Waals surface area contributed by atoms with Gasteiger partial charge in [-0.15, -0.1) is 0 Å². The van der Waals surface area contributed by atoms with Crippen molar-refractivity contribution in [2.45, 2.75) is 103 Å². The van der Waals surface area contributed by atoms with Gasteiger partial charge in [0.15, 0.2) is 0 Å². The molecule has 2 unspecified atom stereocenters. The number of aromatic amines is 1. The molecule has 1 saturated heterocycles. The van der Waals surface area contributed by atoms with Crippen molar-refractivity contribution in [3.8, 4) is 0 Å². The number of nitrogens with one attached hydrogen (secondary N) is 5. The van der Waals surface area contributed by atoms with Crippen LogP contribution < -0.4 is 21.3 Å². The first-order valence-electron chi connectivity index (χ1n) is 19.4. The van der Waals surface area contributed by atoms with E-state index in [1.807, 2.05) is 20.8 Å². The summed E-state index contributed by atoms with van der Waals surface area (Å²) in [5.41, 5.74) is -1.51. The van der Waals surface area contributed by atoms with Gasteiger partial charge in [0.1, 0.15) is 23.4 Å². The molecule has 5 N–H and O–H groups in total. The number of piperidine rings is 1. The van der Waals surface area contributed by atoms with Crippen LogP contribution in [0.15, 0.2) is 42.5 Å². The summed E-state index contributed by atoms with van der Waals surface area (Å²) in [7, 11) is 2.06. The number of hydrogen-bond donors (Lipinski definition) is 5. The summed E-state index contributed by atoms with van der Waals surface area (Å²) in [6.07, 6.45) is -2.09. The number of H-pyrrole nitrogens is 1. The lowest BCUT2D eigenvalue weighted by Gasteiger charge is -2.40. The van der Waals surface area contributed by atoms with Crippen LogP contribution >= 0.6 is 0 Å². The topological polar surface area (TPSA) is 135 Å². The summed E-state index contributed by atoms with van der Waals surface area (Å²) < 4.78 is 56.7. The number of carbonyl (C=O) groups excluding carboxylic acids is 4. The summed E-state index contributed by atoms with van der Waals surface area (Å²) in [5.74, 6) is -3.22. The summed E-state index contributed by atoms with van der Waals surface area (Å²) in [4.78, 5) is 61.3. The molecule has 0 spiro atoms. The fourth-order valence-electron chi connectivity index (χ4n) is 7.72. The van der Waals surface area contributed by atoms with Crippen molar-refractivity contribution in [2.24, 2.45) is 17.8 Å². The van der Waals surface area contributed by atoms with Crippen molar-refractivity contribution in [1.29, 1.82) is 0 Å². The van der Waals surface area contributed by atoms with E-state index < -0.39 is 58.8 Å². The SMILES string of the molecule is CCC(C)[C@H](NC(=O)Cc1ccccc1F)C(=O)N[C@]1(C(=O)N[C@H](C(=O)NCC2CCN(C)CC2)C(C)CC)CCc2[nH]c3c(C(F)(F)F)cccc3c2C1. The van der Waals surface area contributed by atoms with Crippen LogP contribution in [0.4, 0.5) is 17.6 Å². The quantitative estimate of drug-likeness (QED) is 0.140. The second-order valence-corrected chi connectivity index (χ2v) is 15.6. The first-order valence-corrected chi connectivity index (χ1v) is 19.4. The van der Waals surface area contributed by atoms with Gasteiger partial charge in [0.05, 0.1) is 17.5 Å². The zero-order valence-corrected chi connectivity index (χ0v) is 32.3. The Morgan fingerprint density at radius 3 is 2.22 bits per heavy atom. The normalized spacial score (nSPS) is 20.2. The number of fused-ring (bicyclic) bond motifs is 3. The maximum Gasteiger partial charge on any atom is 0.418 e. The van der Waals surface area contributed by atoms with Gasteiger partial charge in [-0.05, 0) is 86.8 Å². The van der Waals surface area contributed by atoms with Crippen molar-refractivity contribution < 1.29 is 36.7 Å². The van der Waals surface area contributed by atoms with Gasteiger partial charge in [-0.2, -0.15) is 13.2 Å². The molecule has 2 aromatic carbocycles. The lowest BCUT2D eigenvalue weighted by atomic mass is 9.78. The van der Waals surface area contributed by atoms with E-state index in [-0.39, 0.29) is 54.0 Å². The predicted molar refractivity (Wildman–Crippen MR) is 202 cm³/mol. The Hall–Kier alpha value is -4.46.